The average Bonchev–Trinajstić information content (AvgIpc) is 3.26. The Morgan fingerprint density at radius 1 is 0.935 bits per heavy atom. The summed E-state index contributed by atoms with van der Waals surface area (Å²) in [4.78, 5) is 38.2. The van der Waals surface area contributed by atoms with Crippen LogP contribution >= 0.6 is 11.3 Å². The van der Waals surface area contributed by atoms with Gasteiger partial charge in [-0.05, 0) is 23.6 Å². The van der Waals surface area contributed by atoms with Crippen molar-refractivity contribution in [3.63, 3.8) is 0 Å². The first kappa shape index (κ1) is 20.8. The van der Waals surface area contributed by atoms with Crippen molar-refractivity contribution in [3.05, 3.63) is 104 Å². The molecule has 0 aliphatic rings. The molecule has 0 fully saturated rings. The van der Waals surface area contributed by atoms with E-state index in [9.17, 15) is 14.4 Å². The molecular formula is C24H23N3O3S. The molecule has 6 nitrogen and oxygen atoms in total. The van der Waals surface area contributed by atoms with Crippen LogP contribution in [-0.4, -0.2) is 21.6 Å². The van der Waals surface area contributed by atoms with E-state index in [2.05, 4.69) is 29.6 Å². The second-order valence-electron chi connectivity index (χ2n) is 7.45. The normalized spacial score (nSPS) is 11.2. The third kappa shape index (κ3) is 4.09. The Labute approximate surface area is 183 Å². The molecule has 2 aromatic heterocycles. The summed E-state index contributed by atoms with van der Waals surface area (Å²) >= 11 is 1.16. The average molecular weight is 434 g/mol. The Kier molecular flexibility index (Phi) is 5.86. The number of nitrogens with one attached hydrogen (secondary N) is 1. The quantitative estimate of drug-likeness (QED) is 0.507. The first-order valence-corrected chi connectivity index (χ1v) is 10.9. The van der Waals surface area contributed by atoms with Crippen molar-refractivity contribution < 1.29 is 4.79 Å². The van der Waals surface area contributed by atoms with E-state index in [1.54, 1.807) is 13.1 Å². The van der Waals surface area contributed by atoms with Gasteiger partial charge in [-0.2, -0.15) is 0 Å². The van der Waals surface area contributed by atoms with Gasteiger partial charge in [0.05, 0.1) is 10.3 Å². The van der Waals surface area contributed by atoms with E-state index >= 15 is 0 Å². The van der Waals surface area contributed by atoms with Crippen LogP contribution in [0.1, 0.15) is 33.1 Å². The van der Waals surface area contributed by atoms with Gasteiger partial charge in [-0.15, -0.1) is 11.3 Å². The van der Waals surface area contributed by atoms with Crippen molar-refractivity contribution in [3.8, 4) is 0 Å². The highest BCUT2D eigenvalue weighted by atomic mass is 32.1. The standard InChI is InChI=1S/C24H23N3O3S/c1-26-22(29)19-15-20(31-23(19)27(2)24(26)30)21(28)25-14-13-18(16-9-5-3-6-10-16)17-11-7-4-8-12-17/h3-12,15,18H,13-14H2,1-2H3,(H,25,28). The molecule has 0 saturated heterocycles. The highest BCUT2D eigenvalue weighted by Gasteiger charge is 2.18. The lowest BCUT2D eigenvalue weighted by atomic mass is 9.88. The molecule has 1 amide bonds. The van der Waals surface area contributed by atoms with Gasteiger partial charge >= 0.3 is 5.69 Å². The van der Waals surface area contributed by atoms with Crippen LogP contribution in [0.25, 0.3) is 10.2 Å². The topological polar surface area (TPSA) is 73.1 Å². The molecule has 2 aromatic carbocycles. The van der Waals surface area contributed by atoms with Crippen molar-refractivity contribution >= 4 is 27.5 Å². The molecule has 0 bridgehead atoms. The van der Waals surface area contributed by atoms with Gasteiger partial charge in [0.15, 0.2) is 0 Å². The van der Waals surface area contributed by atoms with Crippen molar-refractivity contribution in [2.24, 2.45) is 14.1 Å². The van der Waals surface area contributed by atoms with Crippen LogP contribution in [0.5, 0.6) is 0 Å². The van der Waals surface area contributed by atoms with Crippen LogP contribution in [0, 0.1) is 0 Å². The van der Waals surface area contributed by atoms with Gasteiger partial charge in [-0.3, -0.25) is 18.7 Å². The van der Waals surface area contributed by atoms with Gasteiger partial charge < -0.3 is 5.32 Å². The maximum atomic E-state index is 12.8. The number of carbonyl (C=O) groups excluding carboxylic acids is 1. The zero-order chi connectivity index (χ0) is 22.0. The molecule has 1 N–H and O–H groups in total. The number of nitrogens with zero attached hydrogens (tertiary/aromatic N) is 2. The maximum Gasteiger partial charge on any atom is 0.331 e. The Hall–Kier alpha value is -3.45. The summed E-state index contributed by atoms with van der Waals surface area (Å²) < 4.78 is 2.46. The fraction of sp³-hybridized carbons (Fsp3) is 0.208. The van der Waals surface area contributed by atoms with Gasteiger partial charge in [0, 0.05) is 26.6 Å². The monoisotopic (exact) mass is 433 g/mol. The summed E-state index contributed by atoms with van der Waals surface area (Å²) in [5, 5.41) is 3.35. The van der Waals surface area contributed by atoms with E-state index in [0.29, 0.717) is 21.6 Å². The lowest BCUT2D eigenvalue weighted by Crippen LogP contribution is -2.36. The molecule has 4 aromatic rings. The lowest BCUT2D eigenvalue weighted by Gasteiger charge is -2.18. The number of benzene rings is 2. The highest BCUT2D eigenvalue weighted by Crippen LogP contribution is 2.27. The predicted molar refractivity (Wildman–Crippen MR) is 124 cm³/mol. The first-order valence-electron chi connectivity index (χ1n) is 10.0. The van der Waals surface area contributed by atoms with E-state index < -0.39 is 5.69 Å². The minimum atomic E-state index is -0.403. The zero-order valence-electron chi connectivity index (χ0n) is 17.4. The summed E-state index contributed by atoms with van der Waals surface area (Å²) in [5.41, 5.74) is 1.60. The van der Waals surface area contributed by atoms with E-state index in [-0.39, 0.29) is 17.4 Å². The summed E-state index contributed by atoms with van der Waals surface area (Å²) in [6, 6.07) is 22.0. The molecule has 7 heteroatoms. The van der Waals surface area contributed by atoms with E-state index in [4.69, 9.17) is 0 Å². The van der Waals surface area contributed by atoms with Crippen molar-refractivity contribution in [1.29, 1.82) is 0 Å². The van der Waals surface area contributed by atoms with Gasteiger partial charge in [-0.25, -0.2) is 4.79 Å². The third-order valence-corrected chi connectivity index (χ3v) is 6.68. The summed E-state index contributed by atoms with van der Waals surface area (Å²) in [6.45, 7) is 0.485. The molecule has 0 radical (unpaired) electrons. The molecule has 0 saturated carbocycles. The summed E-state index contributed by atoms with van der Waals surface area (Å²) in [5.74, 6) is -0.0752. The highest BCUT2D eigenvalue weighted by molar-refractivity contribution is 7.20. The van der Waals surface area contributed by atoms with E-state index in [1.807, 2.05) is 36.4 Å². The lowest BCUT2D eigenvalue weighted by molar-refractivity contribution is 0.0957. The number of hydrogen-bond acceptors (Lipinski definition) is 4. The minimum Gasteiger partial charge on any atom is -0.351 e. The maximum absolute atomic E-state index is 12.8. The molecule has 4 rings (SSSR count). The number of amides is 1. The number of carbonyl (C=O) groups is 1. The Morgan fingerprint density at radius 3 is 2.10 bits per heavy atom. The van der Waals surface area contributed by atoms with Crippen molar-refractivity contribution in [1.82, 2.24) is 14.5 Å². The van der Waals surface area contributed by atoms with Gasteiger partial charge in [0.2, 0.25) is 0 Å². The largest absolute Gasteiger partial charge is 0.351 e. The zero-order valence-corrected chi connectivity index (χ0v) is 18.2. The fourth-order valence-corrected chi connectivity index (χ4v) is 4.81. The number of aromatic nitrogens is 2. The number of rotatable bonds is 6. The molecule has 31 heavy (non-hydrogen) atoms. The number of hydrogen-bond donors (Lipinski definition) is 1. The number of fused-ring (bicyclic) bond motifs is 1. The molecule has 2 heterocycles. The van der Waals surface area contributed by atoms with Crippen LogP contribution in [0.4, 0.5) is 0 Å². The molecule has 0 aliphatic heterocycles. The first-order chi connectivity index (χ1) is 15.0. The Morgan fingerprint density at radius 2 is 1.52 bits per heavy atom. The summed E-state index contributed by atoms with van der Waals surface area (Å²) in [6.07, 6.45) is 0.741. The van der Waals surface area contributed by atoms with E-state index in [1.165, 1.54) is 22.7 Å². The molecule has 0 atom stereocenters. The number of aryl methyl sites for hydroxylation is 1. The second-order valence-corrected chi connectivity index (χ2v) is 8.48. The smallest absolute Gasteiger partial charge is 0.331 e. The van der Waals surface area contributed by atoms with Crippen LogP contribution in [-0.2, 0) is 14.1 Å². The third-order valence-electron chi connectivity index (χ3n) is 5.47. The Bertz CT molecular complexity index is 1300. The van der Waals surface area contributed by atoms with Gasteiger partial charge in [0.1, 0.15) is 4.83 Å². The van der Waals surface area contributed by atoms with Crippen molar-refractivity contribution in [2.45, 2.75) is 12.3 Å². The van der Waals surface area contributed by atoms with E-state index in [0.717, 1.165) is 22.3 Å². The minimum absolute atomic E-state index is 0.165. The Balaban J connectivity index is 1.53. The van der Waals surface area contributed by atoms with Crippen LogP contribution < -0.4 is 16.6 Å². The van der Waals surface area contributed by atoms with Crippen LogP contribution in [0.2, 0.25) is 0 Å². The van der Waals surface area contributed by atoms with Crippen LogP contribution in [0.3, 0.4) is 0 Å². The molecule has 0 unspecified atom stereocenters. The molecule has 0 aliphatic carbocycles. The SMILES string of the molecule is Cn1c(=O)c2cc(C(=O)NCCC(c3ccccc3)c3ccccc3)sc2n(C)c1=O. The van der Waals surface area contributed by atoms with Crippen LogP contribution in [0.15, 0.2) is 76.3 Å². The molecular weight excluding hydrogens is 410 g/mol. The number of thiophene rings is 1. The van der Waals surface area contributed by atoms with Crippen molar-refractivity contribution in [2.75, 3.05) is 6.54 Å². The van der Waals surface area contributed by atoms with Gasteiger partial charge in [0.25, 0.3) is 11.5 Å². The predicted octanol–water partition coefficient (Wildman–Crippen LogP) is 3.25. The molecule has 0 spiro atoms. The molecule has 158 valence electrons. The fourth-order valence-electron chi connectivity index (χ4n) is 3.79. The second kappa shape index (κ2) is 8.73. The summed E-state index contributed by atoms with van der Waals surface area (Å²) in [7, 11) is 3.04. The van der Waals surface area contributed by atoms with Gasteiger partial charge in [-0.1, -0.05) is 60.7 Å².